The Labute approximate surface area is 663 Å². The van der Waals surface area contributed by atoms with E-state index in [0.29, 0.717) is 69.5 Å². The monoisotopic (exact) mass is 1770 g/mol. The number of aromatic nitrogens is 5. The number of esters is 3. The lowest BCUT2D eigenvalue weighted by molar-refractivity contribution is 0.00567. The van der Waals surface area contributed by atoms with Gasteiger partial charge in [-0.2, -0.15) is 0 Å². The number of halogens is 5. The number of ether oxygens (including phenoxy) is 3. The molecule has 0 amide bonds. The van der Waals surface area contributed by atoms with Gasteiger partial charge >= 0.3 is 29.8 Å². The molecule has 3 fully saturated rings. The van der Waals surface area contributed by atoms with Crippen LogP contribution in [0.25, 0.3) is 0 Å². The summed E-state index contributed by atoms with van der Waals surface area (Å²) in [5, 5.41) is 24.5. The van der Waals surface area contributed by atoms with Crippen LogP contribution >= 0.6 is 79.6 Å². The highest BCUT2D eigenvalue weighted by Crippen LogP contribution is 2.29. The van der Waals surface area contributed by atoms with Gasteiger partial charge in [0.25, 0.3) is 0 Å². The van der Waals surface area contributed by atoms with Crippen LogP contribution in [0.15, 0.2) is 83.7 Å². The molecule has 0 atom stereocenters. The third-order valence-electron chi connectivity index (χ3n) is 15.3. The molecule has 5 heterocycles. The summed E-state index contributed by atoms with van der Waals surface area (Å²) < 4.78 is 18.9. The second kappa shape index (κ2) is 50.1. The van der Waals surface area contributed by atoms with Crippen molar-refractivity contribution in [3.63, 3.8) is 0 Å². The first-order chi connectivity index (χ1) is 48.6. The van der Waals surface area contributed by atoms with Crippen molar-refractivity contribution in [3.05, 3.63) is 111 Å². The second-order valence-corrected chi connectivity index (χ2v) is 32.4. The number of carboxylic acids is 2. The standard InChI is InChI=1S/C18H29N3O2.C14H21BrN2O2.C14H21N3O2.C10H11Br2NO2.C6H3Br2NO2.C6H15N.C5H12.C4H9N/c1-6-10-21(5)16-12-13(17(22)23-18(2,3)4)11-15(20-16)19-14-8-7-9-14;1-6-7-17(5)12-9-10(8-11(15)16-12)13(18)19-14(2,3)4;1-3-7-17(2)13-9-10(14(18)19)8-12(16-13)15-11-5-4-6-11;1-10(2,3)15-9(14)6-4-7(11)13-8(12)5-6;7-4-1-3(6(10)11)2-5(8)9-4;1-4-7(5-2)6-3;1-3-5-4-2;5-4-2-1-3-4/h11-12,14H,6-10H2,1-5H3,(H,19,20);8-9H,6-7H2,1-5H3;8-9,11H,3-7H2,1-2H3,(H,15,16)(H,18,19);4-5H,1-3H3;1-2H,(H,10,11);4-6H2,1-3H3;3-5H2,1-2H3;4H,1-3,5H2. The maximum Gasteiger partial charge on any atom is 0.338 e. The molecule has 27 heteroatoms. The van der Waals surface area contributed by atoms with Crippen molar-refractivity contribution >= 4 is 139 Å². The van der Waals surface area contributed by atoms with Gasteiger partial charge in [-0.05, 0) is 293 Å². The zero-order valence-corrected chi connectivity index (χ0v) is 73.4. The number of aromatic carboxylic acids is 2. The topological polar surface area (TPSA) is 281 Å². The maximum atomic E-state index is 12.4. The van der Waals surface area contributed by atoms with Crippen molar-refractivity contribution in [1.82, 2.24) is 29.8 Å². The van der Waals surface area contributed by atoms with Gasteiger partial charge in [0.2, 0.25) is 0 Å². The molecule has 22 nitrogen and oxygen atoms in total. The summed E-state index contributed by atoms with van der Waals surface area (Å²) in [7, 11) is 5.89. The lowest BCUT2D eigenvalue weighted by Crippen LogP contribution is -2.29. The molecule has 0 spiro atoms. The van der Waals surface area contributed by atoms with E-state index in [9.17, 15) is 29.1 Å². The minimum Gasteiger partial charge on any atom is -0.478 e. The van der Waals surface area contributed by atoms with E-state index in [0.717, 1.165) is 69.2 Å². The predicted octanol–water partition coefficient (Wildman–Crippen LogP) is 20.0. The van der Waals surface area contributed by atoms with Gasteiger partial charge in [-0.1, -0.05) is 81.1 Å². The largest absolute Gasteiger partial charge is 0.478 e. The first-order valence-electron chi connectivity index (χ1n) is 36.3. The van der Waals surface area contributed by atoms with Crippen LogP contribution < -0.4 is 31.1 Å². The molecule has 0 aromatic carbocycles. The highest BCUT2D eigenvalue weighted by atomic mass is 79.9. The van der Waals surface area contributed by atoms with Crippen LogP contribution in [0.1, 0.15) is 266 Å². The smallest absolute Gasteiger partial charge is 0.338 e. The summed E-state index contributed by atoms with van der Waals surface area (Å²) in [6.07, 6.45) is 18.1. The zero-order chi connectivity index (χ0) is 79.1. The SMILES string of the molecule is CC(C)(C)OC(=O)c1cc(Br)nc(Br)c1.CCCCC.CCCN(C)c1cc(C(=O)O)cc(NC2CCC2)n1.CCCN(C)c1cc(C(=O)OC(C)(C)C)cc(Br)n1.CCCN(C)c1cc(C(=O)OC(C)(C)C)cc(NC2CCC2)n1.CCN(CC)CC.NC1CCC1.O=C(O)c1cc(Br)nc(Br)c1. The van der Waals surface area contributed by atoms with Crippen molar-refractivity contribution in [2.75, 3.05) is 85.7 Å². The quantitative estimate of drug-likeness (QED) is 0.0231. The Morgan fingerprint density at radius 3 is 0.923 bits per heavy atom. The minimum absolute atomic E-state index is 0.207. The molecule has 3 aliphatic carbocycles. The van der Waals surface area contributed by atoms with Crippen molar-refractivity contribution in [3.8, 4) is 0 Å². The van der Waals surface area contributed by atoms with Crippen molar-refractivity contribution in [2.24, 2.45) is 5.73 Å². The molecule has 3 aliphatic rings. The number of hydrogen-bond donors (Lipinski definition) is 5. The van der Waals surface area contributed by atoms with E-state index in [1.807, 2.05) is 99.3 Å². The van der Waals surface area contributed by atoms with Gasteiger partial charge in [-0.3, -0.25) is 0 Å². The molecule has 584 valence electrons. The summed E-state index contributed by atoms with van der Waals surface area (Å²) in [6, 6.07) is 17.9. The first-order valence-corrected chi connectivity index (χ1v) is 40.3. The van der Waals surface area contributed by atoms with Crippen molar-refractivity contribution in [1.29, 1.82) is 0 Å². The number of hydrogen-bond acceptors (Lipinski definition) is 20. The Bertz CT molecular complexity index is 3330. The molecule has 6 N–H and O–H groups in total. The van der Waals surface area contributed by atoms with Crippen LogP contribution in [-0.2, 0) is 14.2 Å². The average Bonchev–Trinajstić information content (AvgIpc) is 0.837. The highest BCUT2D eigenvalue weighted by molar-refractivity contribution is 9.11. The number of carboxylic acid groups (broad SMARTS) is 2. The number of nitrogens with zero attached hydrogens (tertiary/aromatic N) is 9. The van der Waals surface area contributed by atoms with Crippen LogP contribution in [0.4, 0.5) is 29.1 Å². The van der Waals surface area contributed by atoms with Gasteiger partial charge in [-0.25, -0.2) is 48.9 Å². The van der Waals surface area contributed by atoms with Crippen LogP contribution in [0.2, 0.25) is 0 Å². The first kappa shape index (κ1) is 96.4. The number of anilines is 5. The molecule has 5 aromatic rings. The number of carbonyl (C=O) groups excluding carboxylic acids is 3. The number of pyridine rings is 5. The van der Waals surface area contributed by atoms with Crippen LogP contribution in [0.5, 0.6) is 0 Å². The fourth-order valence-corrected chi connectivity index (χ4v) is 11.8. The van der Waals surface area contributed by atoms with Crippen LogP contribution in [0.3, 0.4) is 0 Å². The number of nitrogens with two attached hydrogens (primary N) is 1. The fraction of sp³-hybridized carbons (Fsp3) is 0.610. The van der Waals surface area contributed by atoms with Gasteiger partial charge in [0.1, 0.15) is 68.9 Å². The lowest BCUT2D eigenvalue weighted by atomic mass is 9.93. The molecule has 0 bridgehead atoms. The summed E-state index contributed by atoms with van der Waals surface area (Å²) in [6.45, 7) is 40.2. The lowest BCUT2D eigenvalue weighted by Gasteiger charge is -2.28. The normalized spacial score (nSPS) is 13.1. The molecule has 104 heavy (non-hydrogen) atoms. The Kier molecular flexibility index (Phi) is 46.5. The molecule has 0 radical (unpaired) electrons. The van der Waals surface area contributed by atoms with E-state index in [4.69, 9.17) is 25.1 Å². The Hall–Kier alpha value is -5.58. The van der Waals surface area contributed by atoms with Crippen molar-refractivity contribution < 1.29 is 48.4 Å². The third-order valence-corrected chi connectivity index (χ3v) is 17.3. The third kappa shape index (κ3) is 42.1. The van der Waals surface area contributed by atoms with Gasteiger partial charge in [0.15, 0.2) is 0 Å². The number of carbonyl (C=O) groups is 5. The summed E-state index contributed by atoms with van der Waals surface area (Å²) in [5.74, 6) is 0.839. The highest BCUT2D eigenvalue weighted by Gasteiger charge is 2.25. The molecule has 0 saturated heterocycles. The molecule has 0 unspecified atom stereocenters. The van der Waals surface area contributed by atoms with Gasteiger partial charge < -0.3 is 60.4 Å². The maximum absolute atomic E-state index is 12.4. The average molecular weight is 1770 g/mol. The summed E-state index contributed by atoms with van der Waals surface area (Å²) in [4.78, 5) is 87.7. The van der Waals surface area contributed by atoms with Gasteiger partial charge in [0, 0.05) is 58.9 Å². The molecular weight excluding hydrogens is 1650 g/mol. The van der Waals surface area contributed by atoms with E-state index in [-0.39, 0.29) is 29.0 Å². The molecule has 0 aliphatic heterocycles. The van der Waals surface area contributed by atoms with E-state index >= 15 is 0 Å². The van der Waals surface area contributed by atoms with Gasteiger partial charge in [0.05, 0.1) is 27.8 Å². The Balaban J connectivity index is 0.000000621. The number of nitrogens with one attached hydrogen (secondary N) is 2. The Morgan fingerprint density at radius 1 is 0.423 bits per heavy atom. The van der Waals surface area contributed by atoms with E-state index < -0.39 is 28.7 Å². The number of rotatable bonds is 23. The summed E-state index contributed by atoms with van der Waals surface area (Å²) in [5.41, 5.74) is 5.92. The fourth-order valence-electron chi connectivity index (χ4n) is 9.13. The van der Waals surface area contributed by atoms with E-state index in [2.05, 4.69) is 180 Å². The van der Waals surface area contributed by atoms with E-state index in [1.54, 1.807) is 42.5 Å². The zero-order valence-electron chi connectivity index (χ0n) is 65.5. The summed E-state index contributed by atoms with van der Waals surface area (Å²) >= 11 is 15.9. The van der Waals surface area contributed by atoms with Crippen LogP contribution in [-0.4, -0.2) is 165 Å². The number of unbranched alkanes of at least 4 members (excludes halogenated alkanes) is 2. The second-order valence-electron chi connectivity index (χ2n) is 28.3. The van der Waals surface area contributed by atoms with Crippen molar-refractivity contribution in [2.45, 2.75) is 249 Å². The minimum atomic E-state index is -0.964. The predicted molar refractivity (Wildman–Crippen MR) is 443 cm³/mol. The molecule has 3 saturated carbocycles. The Morgan fingerprint density at radius 2 is 0.683 bits per heavy atom. The molecular formula is C77H121Br5N12O10. The van der Waals surface area contributed by atoms with Gasteiger partial charge in [-0.15, -0.1) is 0 Å². The molecule has 5 aromatic heterocycles. The molecule has 8 rings (SSSR count). The van der Waals surface area contributed by atoms with E-state index in [1.165, 1.54) is 96.0 Å². The van der Waals surface area contributed by atoms with Crippen LogP contribution in [0, 0.1) is 0 Å².